The van der Waals surface area contributed by atoms with E-state index >= 15 is 0 Å². The van der Waals surface area contributed by atoms with Crippen LogP contribution in [0.4, 0.5) is 0 Å². The van der Waals surface area contributed by atoms with E-state index in [0.29, 0.717) is 12.2 Å². The van der Waals surface area contributed by atoms with E-state index in [0.717, 1.165) is 44.9 Å². The normalized spacial score (nSPS) is 12.5. The molecule has 3 heteroatoms. The second-order valence-electron chi connectivity index (χ2n) is 14.2. The van der Waals surface area contributed by atoms with Crippen LogP contribution in [0, 0.1) is 5.41 Å². The molecule has 0 saturated heterocycles. The molecule has 0 aliphatic heterocycles. The van der Waals surface area contributed by atoms with Gasteiger partial charge in [0.2, 0.25) is 0 Å². The zero-order valence-electron chi connectivity index (χ0n) is 29.5. The van der Waals surface area contributed by atoms with E-state index < -0.39 is 0 Å². The molecule has 0 N–H and O–H groups in total. The van der Waals surface area contributed by atoms with E-state index in [9.17, 15) is 9.59 Å². The van der Waals surface area contributed by atoms with Gasteiger partial charge in [0.25, 0.3) is 0 Å². The zero-order valence-corrected chi connectivity index (χ0v) is 29.5. The first kappa shape index (κ1) is 41.1. The second kappa shape index (κ2) is 30.2. The van der Waals surface area contributed by atoms with Crippen LogP contribution in [0.25, 0.3) is 0 Å². The lowest BCUT2D eigenvalue weighted by Crippen LogP contribution is -2.34. The molecule has 0 bridgehead atoms. The highest BCUT2D eigenvalue weighted by Gasteiger charge is 2.31. The van der Waals surface area contributed by atoms with Gasteiger partial charge in [0.1, 0.15) is 11.9 Å². The number of unbranched alkanes of at least 4 members (excludes halogenated alkanes) is 23. The van der Waals surface area contributed by atoms with E-state index in [-0.39, 0.29) is 17.5 Å². The summed E-state index contributed by atoms with van der Waals surface area (Å²) in [6.45, 7) is 10.9. The van der Waals surface area contributed by atoms with Crippen LogP contribution in [0.2, 0.25) is 0 Å². The Balaban J connectivity index is 4.07. The van der Waals surface area contributed by atoms with Gasteiger partial charge in [-0.25, -0.2) is 0 Å². The minimum absolute atomic E-state index is 0.0313. The summed E-state index contributed by atoms with van der Waals surface area (Å²) in [6, 6.07) is 0. The van der Waals surface area contributed by atoms with E-state index in [4.69, 9.17) is 4.74 Å². The van der Waals surface area contributed by atoms with E-state index in [1.165, 1.54) is 141 Å². The summed E-state index contributed by atoms with van der Waals surface area (Å²) in [7, 11) is 0. The molecule has 0 aliphatic rings. The maximum absolute atomic E-state index is 12.8. The Bertz CT molecular complexity index is 596. The third-order valence-corrected chi connectivity index (χ3v) is 9.30. The van der Waals surface area contributed by atoms with Gasteiger partial charge < -0.3 is 9.53 Å². The van der Waals surface area contributed by atoms with Crippen LogP contribution in [0.5, 0.6) is 0 Å². The standard InChI is InChI=1S/C39H76O3/c1-6-8-10-12-13-14-15-16-17-18-19-20-23-26-30-34-38(41)42-37(33-29-11-9-7-2)39(4,5)35-31-27-24-21-22-25-28-32-36(3)40/h37H,6-35H2,1-5H3. The lowest BCUT2D eigenvalue weighted by Gasteiger charge is -2.34. The molecule has 0 aromatic carbocycles. The predicted octanol–water partition coefficient (Wildman–Crippen LogP) is 13.3. The summed E-state index contributed by atoms with van der Waals surface area (Å²) in [6.07, 6.45) is 37.1. The molecule has 1 atom stereocenters. The number of carbonyl (C=O) groups is 2. The number of rotatable bonds is 33. The van der Waals surface area contributed by atoms with Gasteiger partial charge in [-0.3, -0.25) is 4.79 Å². The van der Waals surface area contributed by atoms with Crippen molar-refractivity contribution in [1.82, 2.24) is 0 Å². The average Bonchev–Trinajstić information content (AvgIpc) is 2.95. The lowest BCUT2D eigenvalue weighted by atomic mass is 9.79. The maximum atomic E-state index is 12.8. The van der Waals surface area contributed by atoms with Crippen LogP contribution in [0.3, 0.4) is 0 Å². The number of carbonyl (C=O) groups excluding carboxylic acids is 2. The fraction of sp³-hybridized carbons (Fsp3) is 0.949. The highest BCUT2D eigenvalue weighted by Crippen LogP contribution is 2.34. The molecule has 250 valence electrons. The molecule has 0 aromatic rings. The molecule has 0 aromatic heterocycles. The van der Waals surface area contributed by atoms with Gasteiger partial charge in [-0.05, 0) is 39.0 Å². The molecule has 0 radical (unpaired) electrons. The lowest BCUT2D eigenvalue weighted by molar-refractivity contribution is -0.156. The topological polar surface area (TPSA) is 43.4 Å². The quantitative estimate of drug-likeness (QED) is 0.0562. The summed E-state index contributed by atoms with van der Waals surface area (Å²) in [4.78, 5) is 23.9. The van der Waals surface area contributed by atoms with Crippen LogP contribution in [0.15, 0.2) is 0 Å². The Morgan fingerprint density at radius 2 is 0.857 bits per heavy atom. The van der Waals surface area contributed by atoms with Gasteiger partial charge in [-0.15, -0.1) is 0 Å². The first-order valence-corrected chi connectivity index (χ1v) is 19.0. The average molecular weight is 593 g/mol. The molecule has 42 heavy (non-hydrogen) atoms. The van der Waals surface area contributed by atoms with Crippen molar-refractivity contribution in [1.29, 1.82) is 0 Å². The van der Waals surface area contributed by atoms with Gasteiger partial charge >= 0.3 is 5.97 Å². The monoisotopic (exact) mass is 593 g/mol. The van der Waals surface area contributed by atoms with E-state index in [1.54, 1.807) is 6.92 Å². The molecule has 0 amide bonds. The Kier molecular flexibility index (Phi) is 29.6. The number of hydrogen-bond donors (Lipinski definition) is 0. The highest BCUT2D eigenvalue weighted by atomic mass is 16.5. The third-order valence-electron chi connectivity index (χ3n) is 9.30. The van der Waals surface area contributed by atoms with Gasteiger partial charge in [0.05, 0.1) is 0 Å². The van der Waals surface area contributed by atoms with Crippen molar-refractivity contribution in [3.63, 3.8) is 0 Å². The molecule has 0 heterocycles. The second-order valence-corrected chi connectivity index (χ2v) is 14.2. The van der Waals surface area contributed by atoms with Crippen molar-refractivity contribution in [2.75, 3.05) is 0 Å². The molecule has 0 saturated carbocycles. The van der Waals surface area contributed by atoms with Gasteiger partial charge in [-0.2, -0.15) is 0 Å². The summed E-state index contributed by atoms with van der Waals surface area (Å²) in [5, 5.41) is 0. The third kappa shape index (κ3) is 27.9. The number of ketones is 1. The molecule has 0 aliphatic carbocycles. The van der Waals surface area contributed by atoms with Gasteiger partial charge in [0, 0.05) is 18.3 Å². The molecular weight excluding hydrogens is 516 g/mol. The Labute approximate surface area is 264 Å². The fourth-order valence-corrected chi connectivity index (χ4v) is 6.22. The van der Waals surface area contributed by atoms with Gasteiger partial charge in [-0.1, -0.05) is 175 Å². The zero-order chi connectivity index (χ0) is 31.2. The van der Waals surface area contributed by atoms with Crippen LogP contribution >= 0.6 is 0 Å². The molecule has 1 unspecified atom stereocenters. The number of hydrogen-bond acceptors (Lipinski definition) is 3. The molecule has 3 nitrogen and oxygen atoms in total. The summed E-state index contributed by atoms with van der Waals surface area (Å²) in [5.41, 5.74) is 0.0401. The molecular formula is C39H76O3. The Morgan fingerprint density at radius 3 is 1.29 bits per heavy atom. The maximum Gasteiger partial charge on any atom is 0.306 e. The number of esters is 1. The summed E-state index contributed by atoms with van der Waals surface area (Å²) < 4.78 is 6.19. The largest absolute Gasteiger partial charge is 0.462 e. The van der Waals surface area contributed by atoms with Crippen molar-refractivity contribution >= 4 is 11.8 Å². The van der Waals surface area contributed by atoms with Crippen LogP contribution in [0.1, 0.15) is 227 Å². The SMILES string of the molecule is CCCCCCCCCCCCCCCCCC(=O)OC(CCCCCC)C(C)(C)CCCCCCCCCC(C)=O. The van der Waals surface area contributed by atoms with Crippen molar-refractivity contribution in [3.05, 3.63) is 0 Å². The van der Waals surface area contributed by atoms with Crippen molar-refractivity contribution in [2.24, 2.45) is 5.41 Å². The van der Waals surface area contributed by atoms with E-state index in [1.807, 2.05) is 0 Å². The van der Waals surface area contributed by atoms with E-state index in [2.05, 4.69) is 27.7 Å². The minimum atomic E-state index is 0.0313. The Hall–Kier alpha value is -0.860. The first-order valence-electron chi connectivity index (χ1n) is 19.0. The Morgan fingerprint density at radius 1 is 0.500 bits per heavy atom. The summed E-state index contributed by atoms with van der Waals surface area (Å²) >= 11 is 0. The molecule has 0 rings (SSSR count). The first-order chi connectivity index (χ1) is 20.3. The smallest absolute Gasteiger partial charge is 0.306 e. The van der Waals surface area contributed by atoms with Crippen molar-refractivity contribution < 1.29 is 14.3 Å². The fourth-order valence-electron chi connectivity index (χ4n) is 6.22. The van der Waals surface area contributed by atoms with Crippen LogP contribution < -0.4 is 0 Å². The van der Waals surface area contributed by atoms with Crippen LogP contribution in [-0.2, 0) is 14.3 Å². The van der Waals surface area contributed by atoms with Crippen molar-refractivity contribution in [3.8, 4) is 0 Å². The molecule has 0 fully saturated rings. The predicted molar refractivity (Wildman–Crippen MR) is 184 cm³/mol. The highest BCUT2D eigenvalue weighted by molar-refractivity contribution is 5.75. The van der Waals surface area contributed by atoms with Gasteiger partial charge in [0.15, 0.2) is 0 Å². The molecule has 0 spiro atoms. The number of Topliss-reactive ketones (excluding diaryl/α,β-unsaturated/α-hetero) is 1. The minimum Gasteiger partial charge on any atom is -0.462 e. The number of ether oxygens (including phenoxy) is 1. The van der Waals surface area contributed by atoms with Crippen molar-refractivity contribution in [2.45, 2.75) is 233 Å². The van der Waals surface area contributed by atoms with Crippen LogP contribution in [-0.4, -0.2) is 17.9 Å². The summed E-state index contributed by atoms with van der Waals surface area (Å²) in [5.74, 6) is 0.348.